The summed E-state index contributed by atoms with van der Waals surface area (Å²) in [5, 5.41) is 0. The highest BCUT2D eigenvalue weighted by Crippen LogP contribution is 2.16. The summed E-state index contributed by atoms with van der Waals surface area (Å²) in [5.74, 6) is 0. The lowest BCUT2D eigenvalue weighted by molar-refractivity contribution is -0.935. The van der Waals surface area contributed by atoms with Crippen LogP contribution in [0.2, 0.25) is 0 Å². The molecule has 0 amide bonds. The van der Waals surface area contributed by atoms with Crippen molar-refractivity contribution in [2.75, 3.05) is 19.6 Å². The Hall–Kier alpha value is -1.08. The van der Waals surface area contributed by atoms with Gasteiger partial charge >= 0.3 is 0 Å². The molecule has 0 aliphatic rings. The van der Waals surface area contributed by atoms with Crippen LogP contribution in [0.25, 0.3) is 0 Å². The first-order valence-corrected chi connectivity index (χ1v) is 6.76. The molecule has 94 valence electrons. The Kier molecular flexibility index (Phi) is 5.99. The van der Waals surface area contributed by atoms with E-state index in [4.69, 9.17) is 0 Å². The van der Waals surface area contributed by atoms with Crippen molar-refractivity contribution in [1.29, 1.82) is 0 Å². The number of hydrogen-bond donors (Lipinski definition) is 0. The molecule has 0 radical (unpaired) electrons. The molecule has 0 heterocycles. The maximum absolute atomic E-state index is 3.94. The minimum absolute atomic E-state index is 1.08. The monoisotopic (exact) mass is 232 g/mol. The molecule has 0 atom stereocenters. The van der Waals surface area contributed by atoms with Crippen molar-refractivity contribution in [3.05, 3.63) is 48.6 Å². The van der Waals surface area contributed by atoms with Gasteiger partial charge in [-0.3, -0.25) is 0 Å². The van der Waals surface area contributed by atoms with Gasteiger partial charge in [0, 0.05) is 5.56 Å². The van der Waals surface area contributed by atoms with Gasteiger partial charge in [0.2, 0.25) is 0 Å². The highest BCUT2D eigenvalue weighted by Gasteiger charge is 2.24. The molecule has 0 unspecified atom stereocenters. The maximum atomic E-state index is 3.94. The summed E-state index contributed by atoms with van der Waals surface area (Å²) in [5.41, 5.74) is 1.44. The Morgan fingerprint density at radius 1 is 1.06 bits per heavy atom. The van der Waals surface area contributed by atoms with E-state index in [0.29, 0.717) is 0 Å². The smallest absolute Gasteiger partial charge is 0.105 e. The van der Waals surface area contributed by atoms with Crippen molar-refractivity contribution in [2.24, 2.45) is 0 Å². The Labute approximate surface area is 106 Å². The van der Waals surface area contributed by atoms with Gasteiger partial charge in [-0.1, -0.05) is 50.8 Å². The fourth-order valence-corrected chi connectivity index (χ4v) is 2.71. The maximum Gasteiger partial charge on any atom is 0.105 e. The third-order valence-corrected chi connectivity index (χ3v) is 3.27. The minimum Gasteiger partial charge on any atom is -0.317 e. The molecule has 0 spiro atoms. The molecule has 0 N–H and O–H groups in total. The first-order valence-electron chi connectivity index (χ1n) is 6.76. The van der Waals surface area contributed by atoms with E-state index in [1.807, 2.05) is 0 Å². The Morgan fingerprint density at radius 3 is 2.12 bits per heavy atom. The molecular weight excluding hydrogens is 206 g/mol. The zero-order valence-corrected chi connectivity index (χ0v) is 11.4. The van der Waals surface area contributed by atoms with Crippen LogP contribution in [0.4, 0.5) is 0 Å². The van der Waals surface area contributed by atoms with Crippen molar-refractivity contribution >= 4 is 0 Å². The third-order valence-electron chi connectivity index (χ3n) is 3.27. The number of quaternary nitrogens is 1. The summed E-state index contributed by atoms with van der Waals surface area (Å²) in [6.07, 6.45) is 4.55. The molecule has 0 aliphatic heterocycles. The molecule has 1 aromatic carbocycles. The molecule has 0 aliphatic carbocycles. The van der Waals surface area contributed by atoms with Gasteiger partial charge in [0.1, 0.15) is 6.54 Å². The summed E-state index contributed by atoms with van der Waals surface area (Å²) < 4.78 is 1.15. The van der Waals surface area contributed by atoms with Crippen molar-refractivity contribution in [3.8, 4) is 0 Å². The van der Waals surface area contributed by atoms with E-state index in [1.165, 1.54) is 31.5 Å². The van der Waals surface area contributed by atoms with Gasteiger partial charge < -0.3 is 4.48 Å². The first kappa shape index (κ1) is 14.0. The van der Waals surface area contributed by atoms with E-state index in [0.717, 1.165) is 17.6 Å². The molecule has 0 aromatic heterocycles. The Balaban J connectivity index is 2.83. The van der Waals surface area contributed by atoms with Crippen LogP contribution in [0.3, 0.4) is 0 Å². The molecule has 0 bridgehead atoms. The Bertz CT molecular complexity index is 310. The molecule has 0 saturated carbocycles. The van der Waals surface area contributed by atoms with E-state index < -0.39 is 0 Å². The molecule has 1 aromatic rings. The highest BCUT2D eigenvalue weighted by atomic mass is 15.3. The minimum atomic E-state index is 1.08. The molecule has 1 nitrogen and oxygen atoms in total. The molecule has 17 heavy (non-hydrogen) atoms. The normalized spacial score (nSPS) is 11.4. The average molecular weight is 232 g/mol. The van der Waals surface area contributed by atoms with Gasteiger partial charge in [0.15, 0.2) is 0 Å². The van der Waals surface area contributed by atoms with Gasteiger partial charge in [-0.2, -0.15) is 0 Å². The topological polar surface area (TPSA) is 0 Å². The highest BCUT2D eigenvalue weighted by molar-refractivity contribution is 5.13. The zero-order valence-electron chi connectivity index (χ0n) is 11.4. The standard InChI is InChI=1S/C16H26N/c1-4-12-17(13-5-2,14-6-3)15-16-10-8-7-9-11-16/h4,7-11H,1,5-6,12-15H2,2-3H3/q+1. The molecule has 0 saturated heterocycles. The summed E-state index contributed by atoms with van der Waals surface area (Å²) >= 11 is 0. The lowest BCUT2D eigenvalue weighted by atomic mass is 10.1. The first-order chi connectivity index (χ1) is 8.26. The number of hydrogen-bond acceptors (Lipinski definition) is 0. The van der Waals surface area contributed by atoms with E-state index in [-0.39, 0.29) is 0 Å². The Morgan fingerprint density at radius 2 is 1.65 bits per heavy atom. The van der Waals surface area contributed by atoms with E-state index in [9.17, 15) is 0 Å². The van der Waals surface area contributed by atoms with Crippen LogP contribution in [0.5, 0.6) is 0 Å². The summed E-state index contributed by atoms with van der Waals surface area (Å²) in [7, 11) is 0. The lowest BCUT2D eigenvalue weighted by Gasteiger charge is -2.37. The predicted molar refractivity (Wildman–Crippen MR) is 75.8 cm³/mol. The fraction of sp³-hybridized carbons (Fsp3) is 0.500. The van der Waals surface area contributed by atoms with E-state index >= 15 is 0 Å². The summed E-state index contributed by atoms with van der Waals surface area (Å²) in [6.45, 7) is 13.2. The molecule has 1 rings (SSSR count). The van der Waals surface area contributed by atoms with Gasteiger partial charge in [-0.15, -0.1) is 0 Å². The number of nitrogens with zero attached hydrogens (tertiary/aromatic N) is 1. The average Bonchev–Trinajstić information content (AvgIpc) is 2.31. The van der Waals surface area contributed by atoms with Crippen LogP contribution in [-0.4, -0.2) is 24.1 Å². The lowest BCUT2D eigenvalue weighted by Crippen LogP contribution is -2.48. The molecular formula is C16H26N+. The van der Waals surface area contributed by atoms with Crippen LogP contribution >= 0.6 is 0 Å². The third kappa shape index (κ3) is 4.35. The van der Waals surface area contributed by atoms with Gasteiger partial charge in [0.05, 0.1) is 19.6 Å². The van der Waals surface area contributed by atoms with Crippen LogP contribution in [0, 0.1) is 0 Å². The number of rotatable bonds is 8. The summed E-state index contributed by atoms with van der Waals surface area (Å²) in [6, 6.07) is 10.8. The largest absolute Gasteiger partial charge is 0.317 e. The van der Waals surface area contributed by atoms with Crippen LogP contribution < -0.4 is 0 Å². The zero-order chi connectivity index (χ0) is 12.6. The second-order valence-electron chi connectivity index (χ2n) is 4.90. The molecule has 1 heteroatoms. The van der Waals surface area contributed by atoms with Crippen LogP contribution in [0.1, 0.15) is 32.3 Å². The van der Waals surface area contributed by atoms with Gasteiger partial charge in [-0.05, 0) is 18.9 Å². The molecule has 0 fully saturated rings. The second kappa shape index (κ2) is 7.29. The van der Waals surface area contributed by atoms with Crippen molar-refractivity contribution in [1.82, 2.24) is 0 Å². The van der Waals surface area contributed by atoms with Gasteiger partial charge in [-0.25, -0.2) is 0 Å². The van der Waals surface area contributed by atoms with E-state index in [2.05, 4.69) is 56.8 Å². The fourth-order valence-electron chi connectivity index (χ4n) is 2.71. The van der Waals surface area contributed by atoms with Crippen molar-refractivity contribution < 1.29 is 4.48 Å². The quantitative estimate of drug-likeness (QED) is 0.469. The summed E-state index contributed by atoms with van der Waals surface area (Å²) in [4.78, 5) is 0. The van der Waals surface area contributed by atoms with Crippen molar-refractivity contribution in [3.63, 3.8) is 0 Å². The second-order valence-corrected chi connectivity index (χ2v) is 4.90. The van der Waals surface area contributed by atoms with Crippen molar-refractivity contribution in [2.45, 2.75) is 33.2 Å². The number of benzene rings is 1. The van der Waals surface area contributed by atoms with Crippen LogP contribution in [-0.2, 0) is 6.54 Å². The van der Waals surface area contributed by atoms with E-state index in [1.54, 1.807) is 0 Å². The predicted octanol–water partition coefficient (Wildman–Crippen LogP) is 4.01. The SMILES string of the molecule is C=CC[N+](CCC)(CCC)Cc1ccccc1. The van der Waals surface area contributed by atoms with Crippen LogP contribution in [0.15, 0.2) is 43.0 Å². The van der Waals surface area contributed by atoms with Gasteiger partial charge in [0.25, 0.3) is 0 Å².